The van der Waals surface area contributed by atoms with Gasteiger partial charge in [0, 0.05) is 17.7 Å². The number of fused-ring (bicyclic) bond motifs is 1. The van der Waals surface area contributed by atoms with Crippen LogP contribution in [-0.4, -0.2) is 64.4 Å². The van der Waals surface area contributed by atoms with Crippen LogP contribution in [0.15, 0.2) is 34.2 Å². The summed E-state index contributed by atoms with van der Waals surface area (Å²) in [6, 6.07) is 3.16. The molecule has 3 heterocycles. The number of hydrogen-bond acceptors (Lipinski definition) is 7. The van der Waals surface area contributed by atoms with Gasteiger partial charge in [0.05, 0.1) is 5.69 Å². The Bertz CT molecular complexity index is 1460. The van der Waals surface area contributed by atoms with E-state index in [9.17, 15) is 32.3 Å². The molecule has 42 heavy (non-hydrogen) atoms. The van der Waals surface area contributed by atoms with Crippen LogP contribution >= 0.6 is 11.3 Å². The van der Waals surface area contributed by atoms with Gasteiger partial charge in [-0.15, -0.1) is 11.3 Å². The predicted octanol–water partition coefficient (Wildman–Crippen LogP) is 4.50. The summed E-state index contributed by atoms with van der Waals surface area (Å²) in [5.41, 5.74) is 1.08. The van der Waals surface area contributed by atoms with E-state index in [1.165, 1.54) is 16.2 Å². The maximum atomic E-state index is 13.8. The van der Waals surface area contributed by atoms with Crippen LogP contribution in [0.3, 0.4) is 0 Å². The van der Waals surface area contributed by atoms with E-state index in [1.54, 1.807) is 44.4 Å². The normalized spacial score (nSPS) is 17.6. The molecule has 226 valence electrons. The zero-order chi connectivity index (χ0) is 30.8. The number of carbonyl (C=O) groups excluding carboxylic acids is 4. The second-order valence-electron chi connectivity index (χ2n) is 10.6. The fraction of sp³-hybridized carbons (Fsp3) is 0.483. The van der Waals surface area contributed by atoms with Gasteiger partial charge in [-0.25, -0.2) is 0 Å². The van der Waals surface area contributed by atoms with Crippen LogP contribution in [0.5, 0.6) is 0 Å². The number of thiophene rings is 1. The highest BCUT2D eigenvalue weighted by atomic mass is 32.1. The first-order valence-corrected chi connectivity index (χ1v) is 14.6. The number of nitrogens with one attached hydrogen (secondary N) is 2. The molecule has 0 aliphatic carbocycles. The highest BCUT2D eigenvalue weighted by Crippen LogP contribution is 2.29. The third kappa shape index (κ3) is 6.50. The molecule has 1 aromatic carbocycles. The highest BCUT2D eigenvalue weighted by molar-refractivity contribution is 7.17. The van der Waals surface area contributed by atoms with Crippen molar-refractivity contribution in [1.29, 1.82) is 0 Å². The standard InChI is InChI=1S/C29H33F3N4O5S/c1-5-15(2)24(34-27(39)23-16(3)35-41-17(23)4)28(40)36-12-8-10-21(36)26(38)33-20(25(37)29(30,31)32)13-18-14-42-22-11-7-6-9-19(18)22/h6-7,9,11,14-15,20-21,24H,5,8,10,12-13H2,1-4H3,(H,33,38)(H,34,39)/t15?,20?,21-,24-/m0/s1. The molecule has 4 atom stereocenters. The Morgan fingerprint density at radius 3 is 2.52 bits per heavy atom. The zero-order valence-corrected chi connectivity index (χ0v) is 24.5. The molecular formula is C29H33F3N4O5S. The van der Waals surface area contributed by atoms with Gasteiger partial charge in [0.25, 0.3) is 11.7 Å². The number of ketones is 1. The van der Waals surface area contributed by atoms with Crippen LogP contribution in [0, 0.1) is 19.8 Å². The summed E-state index contributed by atoms with van der Waals surface area (Å²) in [5.74, 6) is -4.02. The summed E-state index contributed by atoms with van der Waals surface area (Å²) in [7, 11) is 0. The van der Waals surface area contributed by atoms with Crippen molar-refractivity contribution in [3.8, 4) is 0 Å². The van der Waals surface area contributed by atoms with Crippen LogP contribution < -0.4 is 10.6 Å². The molecule has 3 aromatic rings. The van der Waals surface area contributed by atoms with E-state index in [2.05, 4.69) is 15.8 Å². The Morgan fingerprint density at radius 2 is 1.88 bits per heavy atom. The van der Waals surface area contributed by atoms with Gasteiger partial charge in [-0.3, -0.25) is 19.2 Å². The molecule has 1 saturated heterocycles. The number of aryl methyl sites for hydroxylation is 2. The van der Waals surface area contributed by atoms with Gasteiger partial charge in [-0.1, -0.05) is 43.6 Å². The Hall–Kier alpha value is -3.74. The molecule has 13 heteroatoms. The third-order valence-corrected chi connectivity index (χ3v) is 8.77. The van der Waals surface area contributed by atoms with Gasteiger partial charge in [-0.2, -0.15) is 13.2 Å². The van der Waals surface area contributed by atoms with E-state index in [0.29, 0.717) is 29.5 Å². The van der Waals surface area contributed by atoms with Gasteiger partial charge in [0.1, 0.15) is 29.4 Å². The third-order valence-electron chi connectivity index (χ3n) is 7.76. The molecule has 1 fully saturated rings. The topological polar surface area (TPSA) is 122 Å². The lowest BCUT2D eigenvalue weighted by Gasteiger charge is -2.32. The average molecular weight is 607 g/mol. The number of carbonyl (C=O) groups is 4. The minimum atomic E-state index is -5.17. The predicted molar refractivity (Wildman–Crippen MR) is 150 cm³/mol. The SMILES string of the molecule is CCC(C)[C@H](NC(=O)c1c(C)noc1C)C(=O)N1CCC[C@H]1C(=O)NC(Cc1csc2ccccc12)C(=O)C(F)(F)F. The zero-order valence-electron chi connectivity index (χ0n) is 23.7. The van der Waals surface area contributed by atoms with E-state index in [1.807, 2.05) is 13.0 Å². The average Bonchev–Trinajstić information content (AvgIpc) is 3.68. The molecule has 2 aromatic heterocycles. The second kappa shape index (κ2) is 12.6. The monoisotopic (exact) mass is 606 g/mol. The van der Waals surface area contributed by atoms with E-state index in [4.69, 9.17) is 4.52 Å². The molecular weight excluding hydrogens is 573 g/mol. The summed E-state index contributed by atoms with van der Waals surface area (Å²) in [6.07, 6.45) is -4.35. The van der Waals surface area contributed by atoms with Crippen molar-refractivity contribution >= 4 is 44.9 Å². The smallest absolute Gasteiger partial charge is 0.361 e. The van der Waals surface area contributed by atoms with Gasteiger partial charge in [0.15, 0.2) is 0 Å². The first-order chi connectivity index (χ1) is 19.8. The lowest BCUT2D eigenvalue weighted by molar-refractivity contribution is -0.173. The fourth-order valence-corrected chi connectivity index (χ4v) is 6.25. The van der Waals surface area contributed by atoms with Crippen molar-refractivity contribution in [3.05, 3.63) is 52.2 Å². The number of halogens is 3. The number of hydrogen-bond donors (Lipinski definition) is 2. The fourth-order valence-electron chi connectivity index (χ4n) is 5.27. The maximum absolute atomic E-state index is 13.8. The molecule has 2 unspecified atom stereocenters. The van der Waals surface area contributed by atoms with E-state index in [0.717, 1.165) is 4.70 Å². The van der Waals surface area contributed by atoms with Crippen molar-refractivity contribution in [2.75, 3.05) is 6.54 Å². The van der Waals surface area contributed by atoms with Gasteiger partial charge in [-0.05, 0) is 55.0 Å². The van der Waals surface area contributed by atoms with Crippen molar-refractivity contribution in [3.63, 3.8) is 0 Å². The number of likely N-dealkylation sites (tertiary alicyclic amines) is 1. The van der Waals surface area contributed by atoms with E-state index in [-0.39, 0.29) is 36.6 Å². The molecule has 0 radical (unpaired) electrons. The molecule has 1 aliphatic heterocycles. The van der Waals surface area contributed by atoms with Gasteiger partial charge < -0.3 is 20.1 Å². The van der Waals surface area contributed by atoms with Crippen LogP contribution in [0.25, 0.3) is 10.1 Å². The molecule has 1 aliphatic rings. The van der Waals surface area contributed by atoms with Gasteiger partial charge >= 0.3 is 6.18 Å². The first-order valence-electron chi connectivity index (χ1n) is 13.7. The minimum absolute atomic E-state index is 0.179. The largest absolute Gasteiger partial charge is 0.452 e. The molecule has 0 saturated carbocycles. The number of alkyl halides is 3. The van der Waals surface area contributed by atoms with Gasteiger partial charge in [0.2, 0.25) is 11.8 Å². The molecule has 0 spiro atoms. The lowest BCUT2D eigenvalue weighted by atomic mass is 9.96. The Labute approximate surface area is 244 Å². The van der Waals surface area contributed by atoms with Crippen molar-refractivity contribution in [2.24, 2.45) is 5.92 Å². The van der Waals surface area contributed by atoms with Crippen LogP contribution in [0.2, 0.25) is 0 Å². The van der Waals surface area contributed by atoms with E-state index < -0.39 is 47.8 Å². The highest BCUT2D eigenvalue weighted by Gasteiger charge is 2.46. The molecule has 9 nitrogen and oxygen atoms in total. The number of aromatic nitrogens is 1. The van der Waals surface area contributed by atoms with E-state index >= 15 is 0 Å². The second-order valence-corrected chi connectivity index (χ2v) is 11.5. The summed E-state index contributed by atoms with van der Waals surface area (Å²) in [6.45, 7) is 6.99. The number of rotatable bonds is 10. The summed E-state index contributed by atoms with van der Waals surface area (Å²) in [4.78, 5) is 54.0. The Balaban J connectivity index is 1.55. The molecule has 4 rings (SSSR count). The molecule has 2 N–H and O–H groups in total. The summed E-state index contributed by atoms with van der Waals surface area (Å²) < 4.78 is 46.7. The maximum Gasteiger partial charge on any atom is 0.452 e. The quantitative estimate of drug-likeness (QED) is 0.351. The summed E-state index contributed by atoms with van der Waals surface area (Å²) in [5, 5.41) is 11.2. The molecule has 3 amide bonds. The number of benzene rings is 1. The minimum Gasteiger partial charge on any atom is -0.361 e. The van der Waals surface area contributed by atoms with Crippen molar-refractivity contribution in [2.45, 2.75) is 77.7 Å². The lowest BCUT2D eigenvalue weighted by Crippen LogP contribution is -2.57. The van der Waals surface area contributed by atoms with Crippen LogP contribution in [-0.2, 0) is 20.8 Å². The Morgan fingerprint density at radius 1 is 1.17 bits per heavy atom. The van der Waals surface area contributed by atoms with Crippen LogP contribution in [0.4, 0.5) is 13.2 Å². The summed E-state index contributed by atoms with van der Waals surface area (Å²) >= 11 is 1.33. The van der Waals surface area contributed by atoms with Crippen molar-refractivity contribution < 1.29 is 36.9 Å². The number of amides is 3. The first kappa shape index (κ1) is 31.2. The molecule has 0 bridgehead atoms. The number of nitrogens with zero attached hydrogens (tertiary/aromatic N) is 2. The Kier molecular flexibility index (Phi) is 9.39. The van der Waals surface area contributed by atoms with Crippen LogP contribution in [0.1, 0.15) is 60.5 Å². The van der Waals surface area contributed by atoms with Crippen molar-refractivity contribution in [1.82, 2.24) is 20.7 Å². The number of Topliss-reactive ketones (excluding diaryl/α,β-unsaturated/α-hetero) is 1.